The number of halogens is 2. The lowest BCUT2D eigenvalue weighted by molar-refractivity contribution is 0.0747. The Hall–Kier alpha value is -4.22. The summed E-state index contributed by atoms with van der Waals surface area (Å²) in [7, 11) is 1.52. The number of hydrogen-bond acceptors (Lipinski definition) is 7. The molecule has 11 heteroatoms. The van der Waals surface area contributed by atoms with Crippen LogP contribution in [0.1, 0.15) is 42.8 Å². The number of para-hydroxylation sites is 1. The van der Waals surface area contributed by atoms with Crippen LogP contribution >= 0.6 is 27.7 Å². The van der Waals surface area contributed by atoms with E-state index in [-0.39, 0.29) is 18.3 Å². The van der Waals surface area contributed by atoms with Crippen molar-refractivity contribution in [1.82, 2.24) is 9.99 Å². The predicted octanol–water partition coefficient (Wildman–Crippen LogP) is 5.92. The molecule has 1 aliphatic heterocycles. The lowest BCUT2D eigenvalue weighted by Crippen LogP contribution is -2.26. The Balaban J connectivity index is 1.49. The van der Waals surface area contributed by atoms with Gasteiger partial charge in [0.25, 0.3) is 5.91 Å². The van der Waals surface area contributed by atoms with Crippen molar-refractivity contribution in [3.05, 3.63) is 123 Å². The van der Waals surface area contributed by atoms with E-state index in [0.717, 1.165) is 5.56 Å². The molecule has 0 saturated heterocycles. The molecule has 8 nitrogen and oxygen atoms in total. The number of benzene rings is 3. The van der Waals surface area contributed by atoms with E-state index in [2.05, 4.69) is 26.0 Å². The SMILES string of the molecule is COc1c(OCc2cccc(C(N)=O)c2)cccc1C1SC(c2ccc(F)cc2)=NN1C(=O)c1cncc(Br)c1. The molecule has 1 unspecified atom stereocenters. The number of hydrogen-bond donors (Lipinski definition) is 1. The largest absolute Gasteiger partial charge is 0.492 e. The summed E-state index contributed by atoms with van der Waals surface area (Å²) in [5.74, 6) is -0.407. The highest BCUT2D eigenvalue weighted by molar-refractivity contribution is 9.10. The first-order chi connectivity index (χ1) is 19.3. The summed E-state index contributed by atoms with van der Waals surface area (Å²) in [4.78, 5) is 29.3. The summed E-state index contributed by atoms with van der Waals surface area (Å²) in [5, 5.41) is 5.92. The number of thioether (sulfide) groups is 1. The maximum absolute atomic E-state index is 13.7. The van der Waals surface area contributed by atoms with Gasteiger partial charge < -0.3 is 15.2 Å². The minimum atomic E-state index is -0.622. The lowest BCUT2D eigenvalue weighted by atomic mass is 10.1. The lowest BCUT2D eigenvalue weighted by Gasteiger charge is -2.24. The number of ether oxygens (including phenoxy) is 2. The number of aromatic nitrogens is 1. The van der Waals surface area contributed by atoms with Crippen LogP contribution in [0.15, 0.2) is 94.8 Å². The molecule has 1 aliphatic rings. The zero-order chi connectivity index (χ0) is 28.2. The van der Waals surface area contributed by atoms with Gasteiger partial charge >= 0.3 is 0 Å². The van der Waals surface area contributed by atoms with Crippen LogP contribution < -0.4 is 15.2 Å². The summed E-state index contributed by atoms with van der Waals surface area (Å²) in [5.41, 5.74) is 8.18. The van der Waals surface area contributed by atoms with Crippen LogP contribution in [0.5, 0.6) is 11.5 Å². The van der Waals surface area contributed by atoms with E-state index < -0.39 is 11.3 Å². The Morgan fingerprint density at radius 1 is 1.05 bits per heavy atom. The maximum atomic E-state index is 13.7. The quantitative estimate of drug-likeness (QED) is 0.262. The summed E-state index contributed by atoms with van der Waals surface area (Å²) in [6.07, 6.45) is 3.06. The van der Waals surface area contributed by atoms with Gasteiger partial charge in [-0.1, -0.05) is 36.0 Å². The number of carbonyl (C=O) groups is 2. The van der Waals surface area contributed by atoms with E-state index in [4.69, 9.17) is 15.2 Å². The number of nitrogens with zero attached hydrogens (tertiary/aromatic N) is 3. The van der Waals surface area contributed by atoms with E-state index in [9.17, 15) is 14.0 Å². The Morgan fingerprint density at radius 3 is 2.55 bits per heavy atom. The van der Waals surface area contributed by atoms with Gasteiger partial charge in [-0.3, -0.25) is 14.6 Å². The summed E-state index contributed by atoms with van der Waals surface area (Å²) in [6, 6.07) is 19.8. The minimum Gasteiger partial charge on any atom is -0.492 e. The highest BCUT2D eigenvalue weighted by Crippen LogP contribution is 2.47. The molecule has 0 bridgehead atoms. The van der Waals surface area contributed by atoms with Gasteiger partial charge in [-0.2, -0.15) is 5.10 Å². The predicted molar refractivity (Wildman–Crippen MR) is 154 cm³/mol. The van der Waals surface area contributed by atoms with E-state index >= 15 is 0 Å². The van der Waals surface area contributed by atoms with Crippen molar-refractivity contribution in [1.29, 1.82) is 0 Å². The molecular weight excluding hydrogens is 599 g/mol. The minimum absolute atomic E-state index is 0.155. The van der Waals surface area contributed by atoms with E-state index in [1.165, 1.54) is 42.2 Å². The second-order valence-corrected chi connectivity index (χ2v) is 10.6. The van der Waals surface area contributed by atoms with Crippen molar-refractivity contribution in [2.75, 3.05) is 7.11 Å². The van der Waals surface area contributed by atoms with Gasteiger partial charge in [0.15, 0.2) is 11.5 Å². The molecule has 5 rings (SSSR count). The highest BCUT2D eigenvalue weighted by atomic mass is 79.9. The molecule has 0 saturated carbocycles. The average molecular weight is 621 g/mol. The van der Waals surface area contributed by atoms with Crippen LogP contribution in [0.2, 0.25) is 0 Å². The molecule has 1 atom stereocenters. The maximum Gasteiger partial charge on any atom is 0.277 e. The van der Waals surface area contributed by atoms with Gasteiger partial charge in [0, 0.05) is 33.6 Å². The highest BCUT2D eigenvalue weighted by Gasteiger charge is 2.37. The number of hydrazone groups is 1. The Bertz CT molecular complexity index is 1620. The fourth-order valence-corrected chi connectivity index (χ4v) is 5.63. The van der Waals surface area contributed by atoms with Crippen molar-refractivity contribution in [2.24, 2.45) is 10.8 Å². The number of carbonyl (C=O) groups excluding carboxylic acids is 2. The number of nitrogens with two attached hydrogens (primary N) is 1. The van der Waals surface area contributed by atoms with Crippen molar-refractivity contribution in [3.63, 3.8) is 0 Å². The van der Waals surface area contributed by atoms with Crippen LogP contribution in [-0.2, 0) is 6.61 Å². The van der Waals surface area contributed by atoms with Crippen LogP contribution in [0.25, 0.3) is 0 Å². The molecule has 0 radical (unpaired) electrons. The molecule has 3 aromatic carbocycles. The molecule has 4 aromatic rings. The molecule has 0 aliphatic carbocycles. The fraction of sp³-hybridized carbons (Fsp3) is 0.103. The third kappa shape index (κ3) is 5.85. The van der Waals surface area contributed by atoms with Gasteiger partial charge in [-0.15, -0.1) is 0 Å². The van der Waals surface area contributed by atoms with Gasteiger partial charge in [0.05, 0.1) is 12.7 Å². The molecule has 2 N–H and O–H groups in total. The molecule has 0 fully saturated rings. The Labute approximate surface area is 242 Å². The third-order valence-corrected chi connectivity index (χ3v) is 7.63. The summed E-state index contributed by atoms with van der Waals surface area (Å²) < 4.78 is 26.1. The number of rotatable bonds is 8. The van der Waals surface area contributed by atoms with Gasteiger partial charge in [-0.25, -0.2) is 9.40 Å². The standard InChI is InChI=1S/C29H22BrFN4O4S/c1-38-25-23(6-3-7-24(25)39-16-17-4-2-5-19(12-17)26(32)36)29-35(28(37)20-13-21(30)15-33-14-20)34-27(40-29)18-8-10-22(31)11-9-18/h2-15,29H,16H2,1H3,(H2,32,36). The normalized spacial score (nSPS) is 14.5. The van der Waals surface area contributed by atoms with Crippen LogP contribution in [0, 0.1) is 5.82 Å². The number of methoxy groups -OCH3 is 1. The first kappa shape index (κ1) is 27.4. The fourth-order valence-electron chi connectivity index (χ4n) is 4.09. The van der Waals surface area contributed by atoms with Crippen LogP contribution in [-0.4, -0.2) is 34.0 Å². The first-order valence-electron chi connectivity index (χ1n) is 12.0. The number of amides is 2. The molecule has 0 spiro atoms. The average Bonchev–Trinajstić information content (AvgIpc) is 3.41. The molecule has 1 aromatic heterocycles. The summed E-state index contributed by atoms with van der Waals surface area (Å²) in [6.45, 7) is 0.155. The second-order valence-electron chi connectivity index (χ2n) is 8.66. The van der Waals surface area contributed by atoms with Gasteiger partial charge in [-0.05, 0) is 70.0 Å². The molecule has 2 heterocycles. The monoisotopic (exact) mass is 620 g/mol. The number of pyridine rings is 1. The summed E-state index contributed by atoms with van der Waals surface area (Å²) >= 11 is 4.69. The van der Waals surface area contributed by atoms with E-state index in [1.54, 1.807) is 54.7 Å². The zero-order valence-corrected chi connectivity index (χ0v) is 23.5. The van der Waals surface area contributed by atoms with Crippen molar-refractivity contribution < 1.29 is 23.5 Å². The van der Waals surface area contributed by atoms with E-state index in [0.29, 0.717) is 43.3 Å². The van der Waals surface area contributed by atoms with Gasteiger partial charge in [0.2, 0.25) is 5.91 Å². The van der Waals surface area contributed by atoms with Crippen molar-refractivity contribution >= 4 is 44.5 Å². The zero-order valence-electron chi connectivity index (χ0n) is 21.1. The Morgan fingerprint density at radius 2 is 1.82 bits per heavy atom. The number of primary amides is 1. The molecule has 2 amide bonds. The topological polar surface area (TPSA) is 107 Å². The smallest absolute Gasteiger partial charge is 0.277 e. The van der Waals surface area contributed by atoms with Gasteiger partial charge in [0.1, 0.15) is 22.8 Å². The van der Waals surface area contributed by atoms with Crippen LogP contribution in [0.4, 0.5) is 4.39 Å². The molecular formula is C29H22BrFN4O4S. The van der Waals surface area contributed by atoms with Crippen LogP contribution in [0.3, 0.4) is 0 Å². The van der Waals surface area contributed by atoms with E-state index in [1.807, 2.05) is 12.1 Å². The van der Waals surface area contributed by atoms with Crippen molar-refractivity contribution in [2.45, 2.75) is 12.0 Å². The molecule has 40 heavy (non-hydrogen) atoms. The second kappa shape index (κ2) is 11.9. The molecule has 202 valence electrons. The third-order valence-electron chi connectivity index (χ3n) is 5.98. The first-order valence-corrected chi connectivity index (χ1v) is 13.6. The Kier molecular flexibility index (Phi) is 8.13. The van der Waals surface area contributed by atoms with Crippen molar-refractivity contribution in [3.8, 4) is 11.5 Å².